The third-order valence-electron chi connectivity index (χ3n) is 3.76. The van der Waals surface area contributed by atoms with Crippen molar-refractivity contribution in [3.8, 4) is 6.07 Å². The predicted octanol–water partition coefficient (Wildman–Crippen LogP) is 1.88. The normalized spacial score (nSPS) is 21.1. The molecular weight excluding hydrogens is 266 g/mol. The summed E-state index contributed by atoms with van der Waals surface area (Å²) in [7, 11) is 1.90. The maximum absolute atomic E-state index is 9.09. The number of nitriles is 1. The molecule has 0 radical (unpaired) electrons. The molecule has 0 spiro atoms. The molecule has 2 atom stereocenters. The van der Waals surface area contributed by atoms with E-state index in [2.05, 4.69) is 21.5 Å². The quantitative estimate of drug-likeness (QED) is 0.927. The number of aromatic nitrogens is 3. The Balaban J connectivity index is 1.68. The van der Waals surface area contributed by atoms with Gasteiger partial charge < -0.3 is 10.1 Å². The van der Waals surface area contributed by atoms with Crippen LogP contribution in [-0.4, -0.2) is 27.9 Å². The Kier molecular flexibility index (Phi) is 3.84. The molecule has 0 aromatic carbocycles. The first-order valence-electron chi connectivity index (χ1n) is 6.96. The molecule has 0 amide bonds. The van der Waals surface area contributed by atoms with Gasteiger partial charge in [-0.15, -0.1) is 0 Å². The third-order valence-corrected chi connectivity index (χ3v) is 3.76. The number of aryl methyl sites for hydroxylation is 1. The molecule has 0 unspecified atom stereocenters. The van der Waals surface area contributed by atoms with Crippen LogP contribution in [0.2, 0.25) is 0 Å². The van der Waals surface area contributed by atoms with Gasteiger partial charge in [-0.05, 0) is 12.5 Å². The van der Waals surface area contributed by atoms with E-state index in [0.717, 1.165) is 30.8 Å². The number of rotatable bonds is 4. The smallest absolute Gasteiger partial charge is 0.101 e. The third kappa shape index (κ3) is 2.88. The van der Waals surface area contributed by atoms with Gasteiger partial charge in [-0.1, -0.05) is 0 Å². The van der Waals surface area contributed by atoms with Crippen molar-refractivity contribution in [1.82, 2.24) is 14.8 Å². The predicted molar refractivity (Wildman–Crippen MR) is 77.4 cm³/mol. The van der Waals surface area contributed by atoms with Gasteiger partial charge in [0.05, 0.1) is 29.7 Å². The molecule has 6 heteroatoms. The van der Waals surface area contributed by atoms with Crippen LogP contribution in [0, 0.1) is 17.2 Å². The average Bonchev–Trinajstić information content (AvgIpc) is 3.13. The molecule has 1 aliphatic heterocycles. The number of hydrogen-bond acceptors (Lipinski definition) is 5. The van der Waals surface area contributed by atoms with E-state index in [1.54, 1.807) is 23.1 Å². The molecule has 1 fully saturated rings. The Bertz CT molecular complexity index is 660. The van der Waals surface area contributed by atoms with Crippen LogP contribution in [0.25, 0.3) is 0 Å². The minimum atomic E-state index is 0.0633. The zero-order chi connectivity index (χ0) is 14.7. The Labute approximate surface area is 123 Å². The summed E-state index contributed by atoms with van der Waals surface area (Å²) in [6.07, 6.45) is 8.22. The van der Waals surface area contributed by atoms with E-state index in [-0.39, 0.29) is 6.10 Å². The van der Waals surface area contributed by atoms with Crippen LogP contribution in [0.5, 0.6) is 0 Å². The van der Waals surface area contributed by atoms with Gasteiger partial charge in [0.15, 0.2) is 0 Å². The first kappa shape index (κ1) is 13.6. The van der Waals surface area contributed by atoms with Crippen molar-refractivity contribution in [2.45, 2.75) is 12.5 Å². The summed E-state index contributed by atoms with van der Waals surface area (Å²) in [6.45, 7) is 1.50. The van der Waals surface area contributed by atoms with Gasteiger partial charge >= 0.3 is 0 Å². The van der Waals surface area contributed by atoms with E-state index >= 15 is 0 Å². The zero-order valence-corrected chi connectivity index (χ0v) is 11.9. The van der Waals surface area contributed by atoms with Gasteiger partial charge in [0.1, 0.15) is 6.07 Å². The summed E-state index contributed by atoms with van der Waals surface area (Å²) in [4.78, 5) is 4.06. The second-order valence-corrected chi connectivity index (χ2v) is 5.20. The molecule has 0 saturated carbocycles. The molecular formula is C15H17N5O. The fourth-order valence-corrected chi connectivity index (χ4v) is 2.67. The number of nitrogens with zero attached hydrogens (tertiary/aromatic N) is 4. The highest BCUT2D eigenvalue weighted by Gasteiger charge is 2.30. The second-order valence-electron chi connectivity index (χ2n) is 5.20. The summed E-state index contributed by atoms with van der Waals surface area (Å²) in [5, 5.41) is 16.6. The van der Waals surface area contributed by atoms with E-state index < -0.39 is 0 Å². The molecule has 1 aliphatic rings. The highest BCUT2D eigenvalue weighted by atomic mass is 16.5. The molecule has 3 heterocycles. The summed E-state index contributed by atoms with van der Waals surface area (Å²) in [6, 6.07) is 3.88. The molecule has 0 bridgehead atoms. The molecule has 2 aromatic rings. The molecule has 3 rings (SSSR count). The SMILES string of the molecule is Cn1cc([C@@H]2OCC[C@H]2CNc2cnccc2C#N)cn1. The van der Waals surface area contributed by atoms with Crippen LogP contribution in [0.4, 0.5) is 5.69 Å². The molecule has 108 valence electrons. The minimum absolute atomic E-state index is 0.0633. The summed E-state index contributed by atoms with van der Waals surface area (Å²) in [5.74, 6) is 0.362. The lowest BCUT2D eigenvalue weighted by atomic mass is 9.97. The lowest BCUT2D eigenvalue weighted by Gasteiger charge is -2.18. The summed E-state index contributed by atoms with van der Waals surface area (Å²) >= 11 is 0. The van der Waals surface area contributed by atoms with Crippen LogP contribution < -0.4 is 5.32 Å². The lowest BCUT2D eigenvalue weighted by molar-refractivity contribution is 0.0932. The van der Waals surface area contributed by atoms with E-state index in [4.69, 9.17) is 10.00 Å². The van der Waals surface area contributed by atoms with Crippen LogP contribution >= 0.6 is 0 Å². The Morgan fingerprint density at radius 1 is 1.52 bits per heavy atom. The molecule has 21 heavy (non-hydrogen) atoms. The van der Waals surface area contributed by atoms with Crippen molar-refractivity contribution in [3.63, 3.8) is 0 Å². The zero-order valence-electron chi connectivity index (χ0n) is 11.9. The van der Waals surface area contributed by atoms with Crippen molar-refractivity contribution in [2.75, 3.05) is 18.5 Å². The first-order chi connectivity index (χ1) is 10.3. The van der Waals surface area contributed by atoms with E-state index in [9.17, 15) is 0 Å². The summed E-state index contributed by atoms with van der Waals surface area (Å²) in [5.41, 5.74) is 2.49. The van der Waals surface area contributed by atoms with Gasteiger partial charge in [-0.3, -0.25) is 9.67 Å². The molecule has 2 aromatic heterocycles. The van der Waals surface area contributed by atoms with Crippen molar-refractivity contribution in [2.24, 2.45) is 13.0 Å². The van der Waals surface area contributed by atoms with Crippen LogP contribution in [-0.2, 0) is 11.8 Å². The lowest BCUT2D eigenvalue weighted by Crippen LogP contribution is -2.18. The van der Waals surface area contributed by atoms with Gasteiger partial charge in [0, 0.05) is 44.1 Å². The minimum Gasteiger partial charge on any atom is -0.382 e. The van der Waals surface area contributed by atoms with Gasteiger partial charge in [-0.25, -0.2) is 0 Å². The molecule has 6 nitrogen and oxygen atoms in total. The standard InChI is InChI=1S/C15H17N5O/c1-20-10-13(8-19-20)15-12(3-5-21-15)7-18-14-9-17-4-2-11(14)6-16/h2,4,8-10,12,15,18H,3,5,7H2,1H3/t12-,15+/m0/s1. The van der Waals surface area contributed by atoms with Crippen molar-refractivity contribution in [1.29, 1.82) is 5.26 Å². The number of hydrogen-bond donors (Lipinski definition) is 1. The van der Waals surface area contributed by atoms with E-state index in [1.807, 2.05) is 19.4 Å². The maximum atomic E-state index is 9.09. The van der Waals surface area contributed by atoms with E-state index in [1.165, 1.54) is 0 Å². The van der Waals surface area contributed by atoms with Gasteiger partial charge in [0.25, 0.3) is 0 Å². The van der Waals surface area contributed by atoms with Crippen molar-refractivity contribution in [3.05, 3.63) is 42.0 Å². The van der Waals surface area contributed by atoms with E-state index in [0.29, 0.717) is 11.5 Å². The Morgan fingerprint density at radius 2 is 2.43 bits per heavy atom. The molecule has 1 saturated heterocycles. The highest BCUT2D eigenvalue weighted by Crippen LogP contribution is 2.34. The largest absolute Gasteiger partial charge is 0.382 e. The topological polar surface area (TPSA) is 75.8 Å². The average molecular weight is 283 g/mol. The van der Waals surface area contributed by atoms with Gasteiger partial charge in [0.2, 0.25) is 0 Å². The van der Waals surface area contributed by atoms with Gasteiger partial charge in [-0.2, -0.15) is 10.4 Å². The van der Waals surface area contributed by atoms with Crippen molar-refractivity contribution < 1.29 is 4.74 Å². The highest BCUT2D eigenvalue weighted by molar-refractivity contribution is 5.55. The number of anilines is 1. The Hall–Kier alpha value is -2.39. The van der Waals surface area contributed by atoms with Crippen LogP contribution in [0.1, 0.15) is 23.7 Å². The number of pyridine rings is 1. The Morgan fingerprint density at radius 3 is 3.19 bits per heavy atom. The fraction of sp³-hybridized carbons (Fsp3) is 0.400. The van der Waals surface area contributed by atoms with Crippen molar-refractivity contribution >= 4 is 5.69 Å². The second kappa shape index (κ2) is 5.94. The monoisotopic (exact) mass is 283 g/mol. The number of nitrogens with one attached hydrogen (secondary N) is 1. The van der Waals surface area contributed by atoms with Crippen LogP contribution in [0.15, 0.2) is 30.9 Å². The maximum Gasteiger partial charge on any atom is 0.101 e. The summed E-state index contributed by atoms with van der Waals surface area (Å²) < 4.78 is 7.62. The molecule has 0 aliphatic carbocycles. The van der Waals surface area contributed by atoms with Crippen LogP contribution in [0.3, 0.4) is 0 Å². The molecule has 1 N–H and O–H groups in total. The number of ether oxygens (including phenoxy) is 1. The first-order valence-corrected chi connectivity index (χ1v) is 6.96. The fourth-order valence-electron chi connectivity index (χ4n) is 2.67.